The van der Waals surface area contributed by atoms with Gasteiger partial charge in [0.15, 0.2) is 0 Å². The summed E-state index contributed by atoms with van der Waals surface area (Å²) in [5.74, 6) is -1.09. The van der Waals surface area contributed by atoms with Crippen molar-refractivity contribution in [2.45, 2.75) is 43.4 Å². The molecule has 9 heteroatoms. The van der Waals surface area contributed by atoms with E-state index in [9.17, 15) is 23.2 Å². The first-order valence-corrected chi connectivity index (χ1v) is 11.9. The molecule has 7 nitrogen and oxygen atoms in total. The molecular weight excluding hydrogens is 456 g/mol. The maximum Gasteiger partial charge on any atom is 0.410 e. The number of likely N-dealkylation sites (tertiary alicyclic amines) is 1. The van der Waals surface area contributed by atoms with E-state index in [1.807, 2.05) is 36.4 Å². The van der Waals surface area contributed by atoms with Crippen LogP contribution in [0.15, 0.2) is 48.5 Å². The summed E-state index contributed by atoms with van der Waals surface area (Å²) in [7, 11) is 0. The second-order valence-corrected chi connectivity index (χ2v) is 9.34. The Bertz CT molecular complexity index is 1120. The Morgan fingerprint density at radius 3 is 2.54 bits per heavy atom. The molecule has 3 unspecified atom stereocenters. The molecule has 1 N–H and O–H groups in total. The van der Waals surface area contributed by atoms with Crippen molar-refractivity contribution < 1.29 is 27.9 Å². The summed E-state index contributed by atoms with van der Waals surface area (Å²) in [4.78, 5) is 40.4. The van der Waals surface area contributed by atoms with Gasteiger partial charge < -0.3 is 15.0 Å². The highest BCUT2D eigenvalue weighted by Crippen LogP contribution is 2.42. The second kappa shape index (κ2) is 9.64. The van der Waals surface area contributed by atoms with Crippen molar-refractivity contribution >= 4 is 17.9 Å². The molecule has 0 aromatic heterocycles. The quantitative estimate of drug-likeness (QED) is 0.656. The first-order chi connectivity index (χ1) is 16.9. The molecule has 2 aliphatic heterocycles. The highest BCUT2D eigenvalue weighted by Gasteiger charge is 2.41. The molecule has 1 aliphatic carbocycles. The van der Waals surface area contributed by atoms with Crippen molar-refractivity contribution in [3.8, 4) is 0 Å². The van der Waals surface area contributed by atoms with Crippen LogP contribution in [-0.4, -0.2) is 66.2 Å². The maximum absolute atomic E-state index is 14.8. The summed E-state index contributed by atoms with van der Waals surface area (Å²) >= 11 is 0. The van der Waals surface area contributed by atoms with Gasteiger partial charge in [0.1, 0.15) is 31.2 Å². The largest absolute Gasteiger partial charge is 0.448 e. The van der Waals surface area contributed by atoms with E-state index in [4.69, 9.17) is 4.74 Å². The highest BCUT2D eigenvalue weighted by atomic mass is 19.1. The van der Waals surface area contributed by atoms with E-state index in [-0.39, 0.29) is 44.4 Å². The maximum atomic E-state index is 14.8. The lowest BCUT2D eigenvalue weighted by Gasteiger charge is -2.28. The van der Waals surface area contributed by atoms with Gasteiger partial charge in [0.25, 0.3) is 0 Å². The number of rotatable bonds is 7. The monoisotopic (exact) mass is 483 g/mol. The topological polar surface area (TPSA) is 79.0 Å². The number of alkyl halides is 1. The number of nitrogens with one attached hydrogen (secondary N) is 1. The molecule has 0 spiro atoms. The Morgan fingerprint density at radius 1 is 1.11 bits per heavy atom. The molecule has 2 aromatic carbocycles. The van der Waals surface area contributed by atoms with Crippen molar-refractivity contribution in [1.82, 2.24) is 15.1 Å². The van der Waals surface area contributed by atoms with Gasteiger partial charge in [-0.3, -0.25) is 14.5 Å². The van der Waals surface area contributed by atoms with E-state index < -0.39 is 36.2 Å². The first kappa shape index (κ1) is 23.3. The average Bonchev–Trinajstić information content (AvgIpc) is 3.50. The molecule has 184 valence electrons. The number of halogens is 2. The van der Waals surface area contributed by atoms with Gasteiger partial charge in [-0.2, -0.15) is 0 Å². The Balaban J connectivity index is 1.36. The zero-order valence-electron chi connectivity index (χ0n) is 19.2. The minimum atomic E-state index is -1.36. The fraction of sp³-hybridized carbons (Fsp3) is 0.423. The minimum absolute atomic E-state index is 0.140. The molecule has 2 aromatic rings. The summed E-state index contributed by atoms with van der Waals surface area (Å²) in [5, 5.41) is 2.92. The van der Waals surface area contributed by atoms with Gasteiger partial charge in [0, 0.05) is 6.42 Å². The average molecular weight is 484 g/mol. The number of nitrogens with zero attached hydrogens (tertiary/aromatic N) is 2. The fourth-order valence-corrected chi connectivity index (χ4v) is 4.82. The third-order valence-corrected chi connectivity index (χ3v) is 6.84. The lowest BCUT2D eigenvalue weighted by atomic mass is 9.96. The van der Waals surface area contributed by atoms with Crippen LogP contribution in [0.2, 0.25) is 0 Å². The number of carbonyl (C=O) groups excluding carboxylic acids is 3. The molecule has 35 heavy (non-hydrogen) atoms. The van der Waals surface area contributed by atoms with Gasteiger partial charge in [0.05, 0.1) is 19.1 Å². The van der Waals surface area contributed by atoms with E-state index in [2.05, 4.69) is 5.32 Å². The van der Waals surface area contributed by atoms with Crippen molar-refractivity contribution in [2.24, 2.45) is 0 Å². The van der Waals surface area contributed by atoms with Gasteiger partial charge >= 0.3 is 6.09 Å². The first-order valence-electron chi connectivity index (χ1n) is 11.9. The van der Waals surface area contributed by atoms with Crippen molar-refractivity contribution in [1.29, 1.82) is 0 Å². The van der Waals surface area contributed by atoms with Crippen LogP contribution in [0.3, 0.4) is 0 Å². The third kappa shape index (κ3) is 4.99. The van der Waals surface area contributed by atoms with Gasteiger partial charge in [-0.15, -0.1) is 0 Å². The van der Waals surface area contributed by atoms with Crippen molar-refractivity contribution in [3.05, 3.63) is 71.0 Å². The number of hydrogen-bond donors (Lipinski definition) is 1. The summed E-state index contributed by atoms with van der Waals surface area (Å²) in [6, 6.07) is 12.5. The van der Waals surface area contributed by atoms with E-state index in [0.29, 0.717) is 11.1 Å². The number of hydrogen-bond acceptors (Lipinski definition) is 4. The zero-order valence-corrected chi connectivity index (χ0v) is 19.2. The van der Waals surface area contributed by atoms with Crippen LogP contribution in [-0.2, 0) is 14.3 Å². The predicted octanol–water partition coefficient (Wildman–Crippen LogP) is 3.30. The number of carbonyl (C=O) groups is 3. The predicted molar refractivity (Wildman–Crippen MR) is 123 cm³/mol. The molecule has 3 fully saturated rings. The molecule has 2 heterocycles. The Labute approximate surface area is 202 Å². The van der Waals surface area contributed by atoms with Gasteiger partial charge in [-0.05, 0) is 41.5 Å². The van der Waals surface area contributed by atoms with E-state index >= 15 is 0 Å². The molecular formula is C26H27F2N3O4. The van der Waals surface area contributed by atoms with Crippen LogP contribution in [0.25, 0.3) is 0 Å². The molecule has 2 saturated heterocycles. The SMILES string of the molecule is O=C(NC(c1ccccc1)c1ccc(C2CC2)c(F)c1)C1CC(F)CN1C(=O)CN1CCOC1=O. The van der Waals surface area contributed by atoms with E-state index in [0.717, 1.165) is 18.4 Å². The summed E-state index contributed by atoms with van der Waals surface area (Å²) in [6.07, 6.45) is -0.152. The second-order valence-electron chi connectivity index (χ2n) is 9.34. The van der Waals surface area contributed by atoms with Gasteiger partial charge in [-0.1, -0.05) is 42.5 Å². The summed E-state index contributed by atoms with van der Waals surface area (Å²) in [6.45, 7) is -0.0325. The number of benzene rings is 2. The fourth-order valence-electron chi connectivity index (χ4n) is 4.82. The van der Waals surface area contributed by atoms with Crippen LogP contribution in [0, 0.1) is 5.82 Å². The Morgan fingerprint density at radius 2 is 1.89 bits per heavy atom. The van der Waals surface area contributed by atoms with Gasteiger partial charge in [0.2, 0.25) is 11.8 Å². The Hall–Kier alpha value is -3.49. The Kier molecular flexibility index (Phi) is 6.40. The normalized spacial score (nSPS) is 22.7. The minimum Gasteiger partial charge on any atom is -0.448 e. The van der Waals surface area contributed by atoms with Crippen LogP contribution in [0.1, 0.15) is 47.9 Å². The summed E-state index contributed by atoms with van der Waals surface area (Å²) in [5.41, 5.74) is 1.99. The standard InChI is InChI=1S/C26H27F2N3O4/c27-19-13-22(31(14-19)23(32)15-30-10-11-35-26(30)34)25(33)29-24(17-4-2-1-3-5-17)18-8-9-20(16-6-7-16)21(28)12-18/h1-5,8-9,12,16,19,22,24H,6-7,10-11,13-15H2,(H,29,33). The molecule has 3 atom stereocenters. The number of cyclic esters (lactones) is 1. The molecule has 1 saturated carbocycles. The molecule has 0 radical (unpaired) electrons. The third-order valence-electron chi connectivity index (χ3n) is 6.84. The smallest absolute Gasteiger partial charge is 0.410 e. The van der Waals surface area contributed by atoms with E-state index in [1.165, 1.54) is 15.9 Å². The van der Waals surface area contributed by atoms with Crippen LogP contribution in [0.4, 0.5) is 13.6 Å². The number of ether oxygens (including phenoxy) is 1. The molecule has 0 bridgehead atoms. The lowest BCUT2D eigenvalue weighted by Crippen LogP contribution is -2.49. The number of amides is 3. The van der Waals surface area contributed by atoms with Crippen LogP contribution in [0.5, 0.6) is 0 Å². The molecule has 3 amide bonds. The van der Waals surface area contributed by atoms with Crippen LogP contribution >= 0.6 is 0 Å². The lowest BCUT2D eigenvalue weighted by molar-refractivity contribution is -0.139. The summed E-state index contributed by atoms with van der Waals surface area (Å²) < 4.78 is 34.1. The van der Waals surface area contributed by atoms with E-state index in [1.54, 1.807) is 6.07 Å². The van der Waals surface area contributed by atoms with Crippen molar-refractivity contribution in [3.63, 3.8) is 0 Å². The highest BCUT2D eigenvalue weighted by molar-refractivity contribution is 5.90. The van der Waals surface area contributed by atoms with Gasteiger partial charge in [-0.25, -0.2) is 13.6 Å². The molecule has 5 rings (SSSR count). The molecule has 3 aliphatic rings. The van der Waals surface area contributed by atoms with Crippen molar-refractivity contribution in [2.75, 3.05) is 26.2 Å². The van der Waals surface area contributed by atoms with Crippen LogP contribution < -0.4 is 5.32 Å². The zero-order chi connectivity index (χ0) is 24.5.